The van der Waals surface area contributed by atoms with E-state index in [9.17, 15) is 8.78 Å². The molecule has 0 heterocycles. The van der Waals surface area contributed by atoms with Crippen molar-refractivity contribution in [1.82, 2.24) is 10.6 Å². The highest BCUT2D eigenvalue weighted by molar-refractivity contribution is 14.0. The summed E-state index contributed by atoms with van der Waals surface area (Å²) in [5.41, 5.74) is 1.51. The lowest BCUT2D eigenvalue weighted by molar-refractivity contribution is -0.0504. The number of para-hydroxylation sites is 1. The van der Waals surface area contributed by atoms with Crippen LogP contribution in [0.4, 0.5) is 8.78 Å². The van der Waals surface area contributed by atoms with Gasteiger partial charge in [0.05, 0.1) is 27.9 Å². The smallest absolute Gasteiger partial charge is 0.387 e. The fourth-order valence-corrected chi connectivity index (χ4v) is 3.03. The van der Waals surface area contributed by atoms with Gasteiger partial charge in [-0.15, -0.1) is 24.0 Å². The summed E-state index contributed by atoms with van der Waals surface area (Å²) >= 11 is 0. The van der Waals surface area contributed by atoms with Crippen LogP contribution >= 0.6 is 24.0 Å². The molecule has 0 aliphatic heterocycles. The first-order chi connectivity index (χ1) is 15.0. The summed E-state index contributed by atoms with van der Waals surface area (Å²) in [4.78, 5) is 4.48. The van der Waals surface area contributed by atoms with Crippen LogP contribution in [0.1, 0.15) is 18.1 Å². The Labute approximate surface area is 204 Å². The molecule has 7 nitrogen and oxygen atoms in total. The molecule has 2 aromatic carbocycles. The highest BCUT2D eigenvalue weighted by Crippen LogP contribution is 2.39. The molecule has 0 spiro atoms. The summed E-state index contributed by atoms with van der Waals surface area (Å²) in [6.45, 7) is 0.474. The Bertz CT molecular complexity index is 869. The van der Waals surface area contributed by atoms with E-state index in [0.29, 0.717) is 48.3 Å². The van der Waals surface area contributed by atoms with Gasteiger partial charge in [-0.05, 0) is 25.5 Å². The number of rotatable bonds is 11. The third kappa shape index (κ3) is 7.88. The molecular weight excluding hydrogens is 535 g/mol. The molecule has 0 saturated carbocycles. The predicted molar refractivity (Wildman–Crippen MR) is 131 cm³/mol. The first-order valence-electron chi connectivity index (χ1n) is 9.86. The van der Waals surface area contributed by atoms with Crippen molar-refractivity contribution in [1.29, 1.82) is 0 Å². The van der Waals surface area contributed by atoms with E-state index >= 15 is 0 Å². The van der Waals surface area contributed by atoms with Gasteiger partial charge in [-0.1, -0.05) is 24.3 Å². The predicted octanol–water partition coefficient (Wildman–Crippen LogP) is 4.23. The molecule has 0 aliphatic carbocycles. The summed E-state index contributed by atoms with van der Waals surface area (Å²) in [7, 11) is 4.72. The molecule has 0 aliphatic rings. The second-order valence-electron chi connectivity index (χ2n) is 6.35. The van der Waals surface area contributed by atoms with Crippen LogP contribution in [0, 0.1) is 0 Å². The maximum Gasteiger partial charge on any atom is 0.387 e. The van der Waals surface area contributed by atoms with Crippen LogP contribution in [0.2, 0.25) is 0 Å². The van der Waals surface area contributed by atoms with Crippen molar-refractivity contribution in [3.8, 4) is 23.0 Å². The molecule has 2 N–H and O–H groups in total. The first-order valence-corrected chi connectivity index (χ1v) is 9.86. The average Bonchev–Trinajstić information content (AvgIpc) is 2.77. The number of halogens is 3. The van der Waals surface area contributed by atoms with Gasteiger partial charge in [0.1, 0.15) is 5.75 Å². The molecule has 0 saturated heterocycles. The number of methoxy groups -OCH3 is 3. The van der Waals surface area contributed by atoms with Gasteiger partial charge >= 0.3 is 6.61 Å². The Balaban J connectivity index is 0.00000512. The average molecular weight is 565 g/mol. The van der Waals surface area contributed by atoms with E-state index in [1.807, 2.05) is 19.1 Å². The molecule has 2 aromatic rings. The van der Waals surface area contributed by atoms with E-state index in [4.69, 9.17) is 14.2 Å². The van der Waals surface area contributed by atoms with Gasteiger partial charge in [-0.2, -0.15) is 8.78 Å². The van der Waals surface area contributed by atoms with E-state index in [-0.39, 0.29) is 36.3 Å². The molecule has 0 unspecified atom stereocenters. The number of benzene rings is 2. The Morgan fingerprint density at radius 3 is 2.25 bits per heavy atom. The van der Waals surface area contributed by atoms with Crippen LogP contribution in [0.3, 0.4) is 0 Å². The molecule has 10 heteroatoms. The molecule has 0 fully saturated rings. The molecule has 0 amide bonds. The van der Waals surface area contributed by atoms with E-state index in [0.717, 1.165) is 5.56 Å². The van der Waals surface area contributed by atoms with Crippen LogP contribution in [0.15, 0.2) is 41.4 Å². The lowest BCUT2D eigenvalue weighted by Crippen LogP contribution is -2.38. The fourth-order valence-electron chi connectivity index (χ4n) is 3.03. The number of hydrogen-bond donors (Lipinski definition) is 2. The maximum atomic E-state index is 12.6. The standard InChI is InChI=1S/C22H29F2N3O4.HI/c1-5-25-22(27-14-16-8-6-7-9-17(16)31-21(23)24)26-13-12-15-10-11-18(28-2)20(30-4)19(15)29-3;/h6-11,21H,5,12-14H2,1-4H3,(H2,25,26,27);1H. The summed E-state index contributed by atoms with van der Waals surface area (Å²) in [5, 5.41) is 6.38. The number of nitrogens with zero attached hydrogens (tertiary/aromatic N) is 1. The monoisotopic (exact) mass is 565 g/mol. The van der Waals surface area contributed by atoms with Crippen molar-refractivity contribution >= 4 is 29.9 Å². The molecule has 0 bridgehead atoms. The lowest BCUT2D eigenvalue weighted by atomic mass is 10.1. The van der Waals surface area contributed by atoms with Gasteiger partial charge < -0.3 is 29.6 Å². The minimum absolute atomic E-state index is 0. The van der Waals surface area contributed by atoms with Crippen LogP contribution in [0.5, 0.6) is 23.0 Å². The van der Waals surface area contributed by atoms with Gasteiger partial charge in [-0.25, -0.2) is 4.99 Å². The van der Waals surface area contributed by atoms with Gasteiger partial charge in [0.25, 0.3) is 0 Å². The van der Waals surface area contributed by atoms with Crippen molar-refractivity contribution < 1.29 is 27.7 Å². The maximum absolute atomic E-state index is 12.6. The minimum Gasteiger partial charge on any atom is -0.493 e. The molecule has 0 radical (unpaired) electrons. The number of guanidine groups is 1. The quantitative estimate of drug-likeness (QED) is 0.242. The third-order valence-electron chi connectivity index (χ3n) is 4.41. The molecule has 2 rings (SSSR count). The topological polar surface area (TPSA) is 73.3 Å². The normalized spacial score (nSPS) is 10.9. The molecule has 32 heavy (non-hydrogen) atoms. The first kappa shape index (κ1) is 27.5. The van der Waals surface area contributed by atoms with Gasteiger partial charge in [0.15, 0.2) is 17.5 Å². The summed E-state index contributed by atoms with van der Waals surface area (Å²) in [5.74, 6) is 2.43. The van der Waals surface area contributed by atoms with Gasteiger partial charge in [0.2, 0.25) is 5.75 Å². The van der Waals surface area contributed by atoms with Crippen molar-refractivity contribution in [2.24, 2.45) is 4.99 Å². The second-order valence-corrected chi connectivity index (χ2v) is 6.35. The number of hydrogen-bond acceptors (Lipinski definition) is 5. The van der Waals surface area contributed by atoms with E-state index in [1.165, 1.54) is 6.07 Å². The summed E-state index contributed by atoms with van der Waals surface area (Å²) in [6.07, 6.45) is 0.638. The fraction of sp³-hybridized carbons (Fsp3) is 0.409. The van der Waals surface area contributed by atoms with Crippen molar-refractivity contribution in [2.45, 2.75) is 26.5 Å². The molecule has 178 valence electrons. The van der Waals surface area contributed by atoms with E-state index < -0.39 is 6.61 Å². The van der Waals surface area contributed by atoms with Crippen LogP contribution in [-0.4, -0.2) is 47.0 Å². The van der Waals surface area contributed by atoms with Crippen molar-refractivity contribution in [3.05, 3.63) is 47.5 Å². The third-order valence-corrected chi connectivity index (χ3v) is 4.41. The molecular formula is C22H30F2IN3O4. The van der Waals surface area contributed by atoms with Crippen molar-refractivity contribution in [3.63, 3.8) is 0 Å². The zero-order valence-electron chi connectivity index (χ0n) is 18.6. The number of ether oxygens (including phenoxy) is 4. The highest BCUT2D eigenvalue weighted by Gasteiger charge is 2.15. The van der Waals surface area contributed by atoms with Crippen LogP contribution < -0.4 is 29.6 Å². The minimum atomic E-state index is -2.88. The molecule has 0 atom stereocenters. The second kappa shape index (κ2) is 14.5. The zero-order valence-corrected chi connectivity index (χ0v) is 20.9. The Hall–Kier alpha value is -2.50. The summed E-state index contributed by atoms with van der Waals surface area (Å²) < 4.78 is 46.0. The summed E-state index contributed by atoms with van der Waals surface area (Å²) in [6, 6.07) is 10.4. The van der Waals surface area contributed by atoms with Gasteiger partial charge in [0, 0.05) is 24.2 Å². The zero-order chi connectivity index (χ0) is 22.6. The highest BCUT2D eigenvalue weighted by atomic mass is 127. The lowest BCUT2D eigenvalue weighted by Gasteiger charge is -2.17. The Morgan fingerprint density at radius 2 is 1.62 bits per heavy atom. The van der Waals surface area contributed by atoms with Gasteiger partial charge in [-0.3, -0.25) is 0 Å². The Kier molecular flexibility index (Phi) is 12.5. The van der Waals surface area contributed by atoms with E-state index in [2.05, 4.69) is 20.4 Å². The Morgan fingerprint density at radius 1 is 0.906 bits per heavy atom. The number of aliphatic imine (C=N–C) groups is 1. The largest absolute Gasteiger partial charge is 0.493 e. The van der Waals surface area contributed by atoms with Crippen LogP contribution in [0.25, 0.3) is 0 Å². The molecule has 0 aromatic heterocycles. The SMILES string of the molecule is CCNC(=NCc1ccccc1OC(F)F)NCCc1ccc(OC)c(OC)c1OC.I. The number of nitrogens with one attached hydrogen (secondary N) is 2. The van der Waals surface area contributed by atoms with E-state index in [1.54, 1.807) is 39.5 Å². The number of alkyl halides is 2. The van der Waals surface area contributed by atoms with Crippen LogP contribution in [-0.2, 0) is 13.0 Å². The van der Waals surface area contributed by atoms with Crippen molar-refractivity contribution in [2.75, 3.05) is 34.4 Å².